The molecule has 0 bridgehead atoms. The summed E-state index contributed by atoms with van der Waals surface area (Å²) in [5, 5.41) is 3.49. The lowest BCUT2D eigenvalue weighted by molar-refractivity contribution is 0.400. The normalized spacial score (nSPS) is 28.4. The van der Waals surface area contributed by atoms with Gasteiger partial charge < -0.3 is 9.88 Å². The SMILES string of the molecule is CC1(C)CC1Cn1c(C2CCCCC2)nc2c1CCNC2. The lowest BCUT2D eigenvalue weighted by Gasteiger charge is -2.23. The first kappa shape index (κ1) is 13.8. The van der Waals surface area contributed by atoms with Crippen LogP contribution in [0.5, 0.6) is 0 Å². The zero-order valence-electron chi connectivity index (χ0n) is 13.6. The van der Waals surface area contributed by atoms with Crippen LogP contribution in [0.4, 0.5) is 0 Å². The Balaban J connectivity index is 1.65. The van der Waals surface area contributed by atoms with Crippen LogP contribution in [0.1, 0.15) is 75.5 Å². The van der Waals surface area contributed by atoms with Gasteiger partial charge in [0.15, 0.2) is 0 Å². The van der Waals surface area contributed by atoms with Gasteiger partial charge in [0.25, 0.3) is 0 Å². The molecule has 1 aromatic rings. The predicted molar refractivity (Wildman–Crippen MR) is 85.4 cm³/mol. The molecule has 0 spiro atoms. The van der Waals surface area contributed by atoms with Gasteiger partial charge in [-0.05, 0) is 30.6 Å². The van der Waals surface area contributed by atoms with Gasteiger partial charge >= 0.3 is 0 Å². The Bertz CT molecular complexity index is 523. The van der Waals surface area contributed by atoms with Crippen molar-refractivity contribution < 1.29 is 0 Å². The fourth-order valence-corrected chi connectivity index (χ4v) is 4.38. The first-order valence-electron chi connectivity index (χ1n) is 8.94. The van der Waals surface area contributed by atoms with Crippen molar-refractivity contribution in [2.24, 2.45) is 11.3 Å². The highest BCUT2D eigenvalue weighted by atomic mass is 15.1. The monoisotopic (exact) mass is 287 g/mol. The van der Waals surface area contributed by atoms with Crippen molar-refractivity contribution in [2.45, 2.75) is 77.8 Å². The van der Waals surface area contributed by atoms with Crippen LogP contribution in [0.3, 0.4) is 0 Å². The standard InChI is InChI=1S/C18H29N3/c1-18(2)10-14(18)12-21-16-8-9-19-11-15(16)20-17(21)13-6-4-3-5-7-13/h13-14,19H,3-12H2,1-2H3. The van der Waals surface area contributed by atoms with Gasteiger partial charge in [0, 0.05) is 37.7 Å². The fourth-order valence-electron chi connectivity index (χ4n) is 4.38. The third-order valence-corrected chi connectivity index (χ3v) is 6.11. The topological polar surface area (TPSA) is 29.9 Å². The number of hydrogen-bond acceptors (Lipinski definition) is 2. The Labute approximate surface area is 128 Å². The molecule has 0 aromatic carbocycles. The molecule has 1 atom stereocenters. The molecule has 1 aliphatic heterocycles. The van der Waals surface area contributed by atoms with Crippen LogP contribution in [0.25, 0.3) is 0 Å². The van der Waals surface area contributed by atoms with Crippen molar-refractivity contribution in [3.63, 3.8) is 0 Å². The molecule has 116 valence electrons. The second kappa shape index (κ2) is 5.12. The van der Waals surface area contributed by atoms with E-state index in [1.54, 1.807) is 5.69 Å². The van der Waals surface area contributed by atoms with E-state index in [0.717, 1.165) is 24.9 Å². The van der Waals surface area contributed by atoms with Crippen LogP contribution in [-0.2, 0) is 19.5 Å². The van der Waals surface area contributed by atoms with Crippen molar-refractivity contribution in [1.82, 2.24) is 14.9 Å². The van der Waals surface area contributed by atoms with E-state index in [2.05, 4.69) is 23.7 Å². The summed E-state index contributed by atoms with van der Waals surface area (Å²) in [5.74, 6) is 3.03. The zero-order chi connectivity index (χ0) is 14.4. The molecule has 0 radical (unpaired) electrons. The van der Waals surface area contributed by atoms with Gasteiger partial charge in [0.05, 0.1) is 5.69 Å². The van der Waals surface area contributed by atoms with Crippen LogP contribution in [0.2, 0.25) is 0 Å². The van der Waals surface area contributed by atoms with E-state index in [4.69, 9.17) is 4.98 Å². The van der Waals surface area contributed by atoms with Gasteiger partial charge in [-0.3, -0.25) is 0 Å². The quantitative estimate of drug-likeness (QED) is 0.920. The van der Waals surface area contributed by atoms with Gasteiger partial charge in [0.2, 0.25) is 0 Å². The molecule has 21 heavy (non-hydrogen) atoms. The Morgan fingerprint density at radius 3 is 2.71 bits per heavy atom. The van der Waals surface area contributed by atoms with Crippen molar-refractivity contribution in [1.29, 1.82) is 0 Å². The van der Waals surface area contributed by atoms with Crippen molar-refractivity contribution in [3.8, 4) is 0 Å². The summed E-state index contributed by atoms with van der Waals surface area (Å²) in [6.45, 7) is 8.17. The van der Waals surface area contributed by atoms with E-state index in [1.807, 2.05) is 0 Å². The Morgan fingerprint density at radius 1 is 1.24 bits per heavy atom. The fraction of sp³-hybridized carbons (Fsp3) is 0.833. The maximum absolute atomic E-state index is 5.10. The molecule has 2 heterocycles. The second-order valence-corrected chi connectivity index (χ2v) is 8.13. The van der Waals surface area contributed by atoms with Gasteiger partial charge in [-0.15, -0.1) is 0 Å². The maximum atomic E-state index is 5.10. The third-order valence-electron chi connectivity index (χ3n) is 6.11. The lowest BCUT2D eigenvalue weighted by Crippen LogP contribution is -2.25. The van der Waals surface area contributed by atoms with Crippen molar-refractivity contribution in [2.75, 3.05) is 6.54 Å². The summed E-state index contributed by atoms with van der Waals surface area (Å²) in [6.07, 6.45) is 9.50. The number of imidazole rings is 1. The first-order valence-corrected chi connectivity index (χ1v) is 8.94. The minimum absolute atomic E-state index is 0.563. The molecule has 2 aliphatic carbocycles. The number of rotatable bonds is 3. The molecule has 1 unspecified atom stereocenters. The smallest absolute Gasteiger partial charge is 0.112 e. The summed E-state index contributed by atoms with van der Waals surface area (Å²) in [5.41, 5.74) is 3.46. The largest absolute Gasteiger partial charge is 0.331 e. The Hall–Kier alpha value is -0.830. The lowest BCUT2D eigenvalue weighted by atomic mass is 9.88. The van der Waals surface area contributed by atoms with Gasteiger partial charge in [0.1, 0.15) is 5.82 Å². The van der Waals surface area contributed by atoms with Crippen LogP contribution in [-0.4, -0.2) is 16.1 Å². The average Bonchev–Trinajstić information content (AvgIpc) is 2.94. The predicted octanol–water partition coefficient (Wildman–Crippen LogP) is 3.62. The van der Waals surface area contributed by atoms with Crippen LogP contribution < -0.4 is 5.32 Å². The summed E-state index contributed by atoms with van der Waals surface area (Å²) < 4.78 is 2.66. The molecular formula is C18H29N3. The van der Waals surface area contributed by atoms with Crippen LogP contribution in [0.15, 0.2) is 0 Å². The third kappa shape index (κ3) is 2.54. The molecule has 1 aromatic heterocycles. The van der Waals surface area contributed by atoms with Gasteiger partial charge in [-0.1, -0.05) is 33.1 Å². The zero-order valence-corrected chi connectivity index (χ0v) is 13.6. The van der Waals surface area contributed by atoms with E-state index in [-0.39, 0.29) is 0 Å². The molecule has 2 saturated carbocycles. The number of hydrogen-bond donors (Lipinski definition) is 1. The van der Waals surface area contributed by atoms with Crippen LogP contribution >= 0.6 is 0 Å². The minimum Gasteiger partial charge on any atom is -0.331 e. The summed E-state index contributed by atoms with van der Waals surface area (Å²) >= 11 is 0. The highest BCUT2D eigenvalue weighted by Gasteiger charge is 2.46. The molecular weight excluding hydrogens is 258 g/mol. The first-order chi connectivity index (χ1) is 10.1. The minimum atomic E-state index is 0.563. The molecule has 0 saturated heterocycles. The van der Waals surface area contributed by atoms with E-state index in [0.29, 0.717) is 5.41 Å². The summed E-state index contributed by atoms with van der Waals surface area (Å²) in [4.78, 5) is 5.10. The van der Waals surface area contributed by atoms with Gasteiger partial charge in [-0.2, -0.15) is 0 Å². The highest BCUT2D eigenvalue weighted by Crippen LogP contribution is 2.53. The number of nitrogens with zero attached hydrogens (tertiary/aromatic N) is 2. The summed E-state index contributed by atoms with van der Waals surface area (Å²) in [6, 6.07) is 0. The number of nitrogens with one attached hydrogen (secondary N) is 1. The molecule has 2 fully saturated rings. The second-order valence-electron chi connectivity index (χ2n) is 8.13. The van der Waals surface area contributed by atoms with E-state index >= 15 is 0 Å². The number of aromatic nitrogens is 2. The van der Waals surface area contributed by atoms with E-state index in [1.165, 1.54) is 63.0 Å². The Kier molecular flexibility index (Phi) is 3.36. The van der Waals surface area contributed by atoms with Crippen LogP contribution in [0, 0.1) is 11.3 Å². The molecule has 3 heteroatoms. The molecule has 3 aliphatic rings. The Morgan fingerprint density at radius 2 is 2.00 bits per heavy atom. The molecule has 1 N–H and O–H groups in total. The highest BCUT2D eigenvalue weighted by molar-refractivity contribution is 5.23. The molecule has 4 rings (SSSR count). The molecule has 0 amide bonds. The summed E-state index contributed by atoms with van der Waals surface area (Å²) in [7, 11) is 0. The molecule has 3 nitrogen and oxygen atoms in total. The number of fused-ring (bicyclic) bond motifs is 1. The van der Waals surface area contributed by atoms with Crippen molar-refractivity contribution in [3.05, 3.63) is 17.2 Å². The average molecular weight is 287 g/mol. The van der Waals surface area contributed by atoms with E-state index in [9.17, 15) is 0 Å². The van der Waals surface area contributed by atoms with E-state index < -0.39 is 0 Å². The van der Waals surface area contributed by atoms with Gasteiger partial charge in [-0.25, -0.2) is 4.98 Å². The van der Waals surface area contributed by atoms with Crippen molar-refractivity contribution >= 4 is 0 Å². The maximum Gasteiger partial charge on any atom is 0.112 e.